The number of para-hydroxylation sites is 1. The van der Waals surface area contributed by atoms with Gasteiger partial charge in [-0.3, -0.25) is 5.84 Å². The van der Waals surface area contributed by atoms with Crippen LogP contribution in [0.15, 0.2) is 24.3 Å². The number of rotatable bonds is 6. The van der Waals surface area contributed by atoms with Crippen molar-refractivity contribution >= 4 is 0 Å². The Labute approximate surface area is 103 Å². The first-order chi connectivity index (χ1) is 8.12. The van der Waals surface area contributed by atoms with Crippen LogP contribution in [-0.2, 0) is 4.74 Å². The van der Waals surface area contributed by atoms with Gasteiger partial charge in [0.2, 0.25) is 0 Å². The van der Waals surface area contributed by atoms with Gasteiger partial charge in [-0.15, -0.1) is 0 Å². The highest BCUT2D eigenvalue weighted by Crippen LogP contribution is 2.35. The zero-order valence-corrected chi connectivity index (χ0v) is 11.0. The molecule has 0 aliphatic carbocycles. The van der Waals surface area contributed by atoms with Gasteiger partial charge in [0.05, 0.1) is 18.8 Å². The Balaban J connectivity index is 3.17. The van der Waals surface area contributed by atoms with Crippen LogP contribution in [-0.4, -0.2) is 19.8 Å². The lowest BCUT2D eigenvalue weighted by molar-refractivity contribution is -0.0305. The maximum atomic E-state index is 5.68. The standard InChI is InChI=1S/C13H22N2O2/c1-5-13(2,17-4)12(15-14)10-8-6-7-9-11(10)16-3/h6-9,12,15H,5,14H2,1-4H3. The van der Waals surface area contributed by atoms with E-state index < -0.39 is 0 Å². The highest BCUT2D eigenvalue weighted by atomic mass is 16.5. The van der Waals surface area contributed by atoms with E-state index in [9.17, 15) is 0 Å². The van der Waals surface area contributed by atoms with Crippen molar-refractivity contribution in [2.45, 2.75) is 31.9 Å². The molecule has 0 fully saturated rings. The zero-order valence-electron chi connectivity index (χ0n) is 11.0. The van der Waals surface area contributed by atoms with Crippen molar-refractivity contribution in [3.63, 3.8) is 0 Å². The first-order valence-electron chi connectivity index (χ1n) is 5.77. The summed E-state index contributed by atoms with van der Waals surface area (Å²) in [6, 6.07) is 7.70. The minimum absolute atomic E-state index is 0.117. The van der Waals surface area contributed by atoms with Gasteiger partial charge >= 0.3 is 0 Å². The number of benzene rings is 1. The molecule has 0 bridgehead atoms. The Morgan fingerprint density at radius 1 is 1.35 bits per heavy atom. The van der Waals surface area contributed by atoms with Crippen LogP contribution in [0.1, 0.15) is 31.9 Å². The third-order valence-corrected chi connectivity index (χ3v) is 3.40. The maximum absolute atomic E-state index is 5.68. The van der Waals surface area contributed by atoms with Crippen molar-refractivity contribution in [1.29, 1.82) is 0 Å². The molecule has 4 heteroatoms. The van der Waals surface area contributed by atoms with Gasteiger partial charge in [0.15, 0.2) is 0 Å². The van der Waals surface area contributed by atoms with E-state index in [1.807, 2.05) is 31.2 Å². The summed E-state index contributed by atoms with van der Waals surface area (Å²) in [6.45, 7) is 4.10. The average molecular weight is 238 g/mol. The zero-order chi connectivity index (χ0) is 12.9. The summed E-state index contributed by atoms with van der Waals surface area (Å²) >= 11 is 0. The Bertz CT molecular complexity index is 351. The fourth-order valence-electron chi connectivity index (χ4n) is 1.97. The second kappa shape index (κ2) is 6.00. The molecule has 1 aromatic rings. The molecule has 0 heterocycles. The number of hydrazine groups is 1. The van der Waals surface area contributed by atoms with Crippen LogP contribution in [0.3, 0.4) is 0 Å². The number of nitrogens with one attached hydrogen (secondary N) is 1. The predicted molar refractivity (Wildman–Crippen MR) is 68.8 cm³/mol. The van der Waals surface area contributed by atoms with Crippen LogP contribution in [0.2, 0.25) is 0 Å². The summed E-state index contributed by atoms with van der Waals surface area (Å²) < 4.78 is 11.0. The molecule has 4 nitrogen and oxygen atoms in total. The van der Waals surface area contributed by atoms with Crippen molar-refractivity contribution < 1.29 is 9.47 Å². The van der Waals surface area contributed by atoms with Crippen molar-refractivity contribution in [3.05, 3.63) is 29.8 Å². The molecular weight excluding hydrogens is 216 g/mol. The van der Waals surface area contributed by atoms with Crippen molar-refractivity contribution in [2.24, 2.45) is 5.84 Å². The lowest BCUT2D eigenvalue weighted by Gasteiger charge is -2.36. The fourth-order valence-corrected chi connectivity index (χ4v) is 1.97. The SMILES string of the molecule is CCC(C)(OC)C(NN)c1ccccc1OC. The molecule has 2 atom stereocenters. The molecule has 0 spiro atoms. The highest BCUT2D eigenvalue weighted by molar-refractivity contribution is 5.37. The molecule has 0 radical (unpaired) electrons. The summed E-state index contributed by atoms with van der Waals surface area (Å²) in [5, 5.41) is 0. The second-order valence-corrected chi connectivity index (χ2v) is 4.21. The number of ether oxygens (including phenoxy) is 2. The molecular formula is C13H22N2O2. The van der Waals surface area contributed by atoms with Gasteiger partial charge in [0, 0.05) is 12.7 Å². The van der Waals surface area contributed by atoms with E-state index in [1.54, 1.807) is 14.2 Å². The van der Waals surface area contributed by atoms with Gasteiger partial charge in [-0.25, -0.2) is 5.43 Å². The lowest BCUT2D eigenvalue weighted by Crippen LogP contribution is -2.45. The van der Waals surface area contributed by atoms with E-state index in [4.69, 9.17) is 15.3 Å². The topological polar surface area (TPSA) is 56.5 Å². The first-order valence-corrected chi connectivity index (χ1v) is 5.77. The Kier molecular flexibility index (Phi) is 4.93. The Morgan fingerprint density at radius 2 is 2.00 bits per heavy atom. The van der Waals surface area contributed by atoms with Gasteiger partial charge in [-0.05, 0) is 19.4 Å². The molecule has 0 saturated carbocycles. The summed E-state index contributed by atoms with van der Waals surface area (Å²) in [6.07, 6.45) is 0.844. The first kappa shape index (κ1) is 14.0. The second-order valence-electron chi connectivity index (χ2n) is 4.21. The van der Waals surface area contributed by atoms with Crippen LogP contribution in [0, 0.1) is 0 Å². The summed E-state index contributed by atoms with van der Waals surface area (Å²) in [4.78, 5) is 0. The average Bonchev–Trinajstić information content (AvgIpc) is 2.39. The molecule has 96 valence electrons. The van der Waals surface area contributed by atoms with E-state index in [0.717, 1.165) is 17.7 Å². The minimum atomic E-state index is -0.372. The number of hydrogen-bond donors (Lipinski definition) is 2. The molecule has 0 aliphatic rings. The van der Waals surface area contributed by atoms with Gasteiger partial charge < -0.3 is 9.47 Å². The van der Waals surface area contributed by atoms with Gasteiger partial charge in [-0.2, -0.15) is 0 Å². The van der Waals surface area contributed by atoms with E-state index in [2.05, 4.69) is 12.3 Å². The number of nitrogens with two attached hydrogens (primary N) is 1. The van der Waals surface area contributed by atoms with Crippen molar-refractivity contribution in [3.8, 4) is 5.75 Å². The monoisotopic (exact) mass is 238 g/mol. The fraction of sp³-hybridized carbons (Fsp3) is 0.538. The normalized spacial score (nSPS) is 16.3. The van der Waals surface area contributed by atoms with E-state index in [-0.39, 0.29) is 11.6 Å². The molecule has 2 unspecified atom stereocenters. The molecule has 0 saturated heterocycles. The number of methoxy groups -OCH3 is 2. The third kappa shape index (κ3) is 2.77. The largest absolute Gasteiger partial charge is 0.496 e. The molecule has 0 aromatic heterocycles. The highest BCUT2D eigenvalue weighted by Gasteiger charge is 2.34. The van der Waals surface area contributed by atoms with E-state index >= 15 is 0 Å². The van der Waals surface area contributed by atoms with Crippen molar-refractivity contribution in [1.82, 2.24) is 5.43 Å². The quantitative estimate of drug-likeness (QED) is 0.588. The van der Waals surface area contributed by atoms with Crippen LogP contribution in [0.4, 0.5) is 0 Å². The summed E-state index contributed by atoms with van der Waals surface area (Å²) in [7, 11) is 3.35. The number of hydrogen-bond acceptors (Lipinski definition) is 4. The molecule has 0 amide bonds. The summed E-state index contributed by atoms with van der Waals surface area (Å²) in [5.41, 5.74) is 3.46. The van der Waals surface area contributed by atoms with Crippen molar-refractivity contribution in [2.75, 3.05) is 14.2 Å². The van der Waals surface area contributed by atoms with Crippen LogP contribution < -0.4 is 16.0 Å². The Morgan fingerprint density at radius 3 is 2.47 bits per heavy atom. The van der Waals surface area contributed by atoms with Gasteiger partial charge in [0.25, 0.3) is 0 Å². The van der Waals surface area contributed by atoms with E-state index in [1.165, 1.54) is 0 Å². The van der Waals surface area contributed by atoms with Gasteiger partial charge in [0.1, 0.15) is 5.75 Å². The van der Waals surface area contributed by atoms with Gasteiger partial charge in [-0.1, -0.05) is 25.1 Å². The van der Waals surface area contributed by atoms with Crippen LogP contribution >= 0.6 is 0 Å². The third-order valence-electron chi connectivity index (χ3n) is 3.40. The van der Waals surface area contributed by atoms with Crippen LogP contribution in [0.5, 0.6) is 5.75 Å². The molecule has 0 aliphatic heterocycles. The molecule has 3 N–H and O–H groups in total. The Hall–Kier alpha value is -1.10. The minimum Gasteiger partial charge on any atom is -0.496 e. The van der Waals surface area contributed by atoms with E-state index in [0.29, 0.717) is 0 Å². The molecule has 17 heavy (non-hydrogen) atoms. The predicted octanol–water partition coefficient (Wildman–Crippen LogP) is 2.01. The molecule has 1 rings (SSSR count). The smallest absolute Gasteiger partial charge is 0.123 e. The summed E-state index contributed by atoms with van der Waals surface area (Å²) in [5.74, 6) is 6.49. The van der Waals surface area contributed by atoms with Crippen LogP contribution in [0.25, 0.3) is 0 Å². The lowest BCUT2D eigenvalue weighted by atomic mass is 9.87. The maximum Gasteiger partial charge on any atom is 0.123 e. The molecule has 1 aromatic carbocycles.